The number of benzene rings is 2. The first-order valence-electron chi connectivity index (χ1n) is 7.64. The average molecular weight is 360 g/mol. The molecule has 1 unspecified atom stereocenters. The molecule has 0 aliphatic rings. The van der Waals surface area contributed by atoms with E-state index < -0.39 is 6.04 Å². The van der Waals surface area contributed by atoms with Crippen LogP contribution < -0.4 is 5.32 Å². The van der Waals surface area contributed by atoms with E-state index in [2.05, 4.69) is 15.5 Å². The van der Waals surface area contributed by atoms with Crippen molar-refractivity contribution < 1.29 is 13.7 Å². The van der Waals surface area contributed by atoms with Crippen LogP contribution in [0.5, 0.6) is 0 Å². The number of aromatic nitrogens is 2. The number of halogens is 2. The molecule has 0 spiro atoms. The van der Waals surface area contributed by atoms with Gasteiger partial charge in [0, 0.05) is 10.6 Å². The summed E-state index contributed by atoms with van der Waals surface area (Å²) < 4.78 is 18.1. The van der Waals surface area contributed by atoms with Gasteiger partial charge in [-0.1, -0.05) is 28.9 Å². The lowest BCUT2D eigenvalue weighted by Crippen LogP contribution is -2.28. The Morgan fingerprint density at radius 3 is 2.56 bits per heavy atom. The molecule has 2 aromatic carbocycles. The van der Waals surface area contributed by atoms with Crippen LogP contribution in [-0.2, 0) is 11.2 Å². The van der Waals surface area contributed by atoms with Gasteiger partial charge in [0.05, 0.1) is 6.42 Å². The van der Waals surface area contributed by atoms with Gasteiger partial charge in [0.15, 0.2) is 0 Å². The van der Waals surface area contributed by atoms with Gasteiger partial charge < -0.3 is 9.84 Å². The molecular weight excluding hydrogens is 345 g/mol. The SMILES string of the molecule is CC(NC(=O)Cc1ccc(F)cc1)c1nc(-c2ccc(Cl)cc2)no1. The van der Waals surface area contributed by atoms with Crippen LogP contribution in [0.2, 0.25) is 5.02 Å². The maximum atomic E-state index is 12.9. The maximum Gasteiger partial charge on any atom is 0.249 e. The lowest BCUT2D eigenvalue weighted by atomic mass is 10.1. The third kappa shape index (κ3) is 4.42. The minimum Gasteiger partial charge on any atom is -0.344 e. The molecule has 0 fully saturated rings. The summed E-state index contributed by atoms with van der Waals surface area (Å²) in [6, 6.07) is 12.4. The molecule has 0 saturated heterocycles. The molecule has 1 N–H and O–H groups in total. The van der Waals surface area contributed by atoms with Crippen LogP contribution in [0, 0.1) is 5.82 Å². The monoisotopic (exact) mass is 359 g/mol. The number of carbonyl (C=O) groups excluding carboxylic acids is 1. The summed E-state index contributed by atoms with van der Waals surface area (Å²) in [5, 5.41) is 7.32. The van der Waals surface area contributed by atoms with E-state index in [1.807, 2.05) is 0 Å². The quantitative estimate of drug-likeness (QED) is 0.749. The van der Waals surface area contributed by atoms with Gasteiger partial charge in [-0.15, -0.1) is 0 Å². The molecule has 1 aromatic heterocycles. The number of rotatable bonds is 5. The first-order chi connectivity index (χ1) is 12.0. The van der Waals surface area contributed by atoms with Gasteiger partial charge >= 0.3 is 0 Å². The van der Waals surface area contributed by atoms with Crippen molar-refractivity contribution in [2.45, 2.75) is 19.4 Å². The summed E-state index contributed by atoms with van der Waals surface area (Å²) in [5.41, 5.74) is 1.49. The number of nitrogens with one attached hydrogen (secondary N) is 1. The number of hydrogen-bond acceptors (Lipinski definition) is 4. The highest BCUT2D eigenvalue weighted by Gasteiger charge is 2.17. The number of hydrogen-bond donors (Lipinski definition) is 1. The van der Waals surface area contributed by atoms with Crippen molar-refractivity contribution in [1.29, 1.82) is 0 Å². The van der Waals surface area contributed by atoms with Crippen molar-refractivity contribution >= 4 is 17.5 Å². The normalized spacial score (nSPS) is 12.0. The van der Waals surface area contributed by atoms with E-state index in [9.17, 15) is 9.18 Å². The van der Waals surface area contributed by atoms with Crippen molar-refractivity contribution in [2.75, 3.05) is 0 Å². The fourth-order valence-corrected chi connectivity index (χ4v) is 2.40. The predicted molar refractivity (Wildman–Crippen MR) is 91.4 cm³/mol. The molecule has 7 heteroatoms. The first-order valence-corrected chi connectivity index (χ1v) is 8.02. The predicted octanol–water partition coefficient (Wildman–Crippen LogP) is 3.95. The molecule has 0 saturated carbocycles. The van der Waals surface area contributed by atoms with Crippen LogP contribution in [0.15, 0.2) is 53.1 Å². The first kappa shape index (κ1) is 17.1. The zero-order valence-corrected chi connectivity index (χ0v) is 14.1. The van der Waals surface area contributed by atoms with Crippen LogP contribution in [0.1, 0.15) is 24.4 Å². The average Bonchev–Trinajstić information content (AvgIpc) is 3.08. The third-order valence-electron chi connectivity index (χ3n) is 3.57. The van der Waals surface area contributed by atoms with Crippen molar-refractivity contribution in [3.05, 3.63) is 70.8 Å². The van der Waals surface area contributed by atoms with E-state index in [-0.39, 0.29) is 18.1 Å². The highest BCUT2D eigenvalue weighted by atomic mass is 35.5. The minimum absolute atomic E-state index is 0.142. The van der Waals surface area contributed by atoms with E-state index in [4.69, 9.17) is 16.1 Å². The molecule has 1 amide bonds. The molecule has 1 heterocycles. The Kier molecular flexibility index (Phi) is 5.09. The summed E-state index contributed by atoms with van der Waals surface area (Å²) in [5.74, 6) is 0.173. The Bertz CT molecular complexity index is 863. The standard InChI is InChI=1S/C18H15ClFN3O2/c1-11(21-16(24)10-12-2-8-15(20)9-3-12)18-22-17(23-25-18)13-4-6-14(19)7-5-13/h2-9,11H,10H2,1H3,(H,21,24). The van der Waals surface area contributed by atoms with Crippen LogP contribution in [-0.4, -0.2) is 16.0 Å². The molecule has 5 nitrogen and oxygen atoms in total. The maximum absolute atomic E-state index is 12.9. The highest BCUT2D eigenvalue weighted by molar-refractivity contribution is 6.30. The van der Waals surface area contributed by atoms with E-state index in [1.54, 1.807) is 43.3 Å². The zero-order valence-electron chi connectivity index (χ0n) is 13.4. The number of amides is 1. The summed E-state index contributed by atoms with van der Waals surface area (Å²) in [6.45, 7) is 1.75. The molecule has 1 atom stereocenters. The van der Waals surface area contributed by atoms with Gasteiger partial charge in [0.25, 0.3) is 0 Å². The molecule has 128 valence electrons. The second kappa shape index (κ2) is 7.44. The lowest BCUT2D eigenvalue weighted by Gasteiger charge is -2.09. The smallest absolute Gasteiger partial charge is 0.249 e. The van der Waals surface area contributed by atoms with Gasteiger partial charge in [-0.05, 0) is 48.9 Å². The minimum atomic E-state index is -0.443. The van der Waals surface area contributed by atoms with E-state index >= 15 is 0 Å². The molecule has 0 aliphatic heterocycles. The Morgan fingerprint density at radius 2 is 1.88 bits per heavy atom. The second-order valence-electron chi connectivity index (χ2n) is 5.56. The van der Waals surface area contributed by atoms with Crippen LogP contribution >= 0.6 is 11.6 Å². The van der Waals surface area contributed by atoms with Gasteiger partial charge in [-0.3, -0.25) is 4.79 Å². The molecule has 0 aliphatic carbocycles. The summed E-state index contributed by atoms with van der Waals surface area (Å²) in [4.78, 5) is 16.4. The van der Waals surface area contributed by atoms with Gasteiger partial charge in [0.2, 0.25) is 17.6 Å². The van der Waals surface area contributed by atoms with Gasteiger partial charge in [-0.2, -0.15) is 4.98 Å². The van der Waals surface area contributed by atoms with E-state index in [0.29, 0.717) is 16.7 Å². The van der Waals surface area contributed by atoms with Crippen LogP contribution in [0.3, 0.4) is 0 Å². The zero-order chi connectivity index (χ0) is 17.8. The molecule has 0 bridgehead atoms. The number of carbonyl (C=O) groups is 1. The molecule has 3 aromatic rings. The fourth-order valence-electron chi connectivity index (χ4n) is 2.27. The molecule has 25 heavy (non-hydrogen) atoms. The largest absolute Gasteiger partial charge is 0.344 e. The Morgan fingerprint density at radius 1 is 1.20 bits per heavy atom. The van der Waals surface area contributed by atoms with Crippen LogP contribution in [0.4, 0.5) is 4.39 Å². The Labute approximate surface area is 148 Å². The highest BCUT2D eigenvalue weighted by Crippen LogP contribution is 2.20. The van der Waals surface area contributed by atoms with E-state index in [1.165, 1.54) is 12.1 Å². The Balaban J connectivity index is 1.63. The molecule has 3 rings (SSSR count). The summed E-state index contributed by atoms with van der Waals surface area (Å²) >= 11 is 5.85. The third-order valence-corrected chi connectivity index (χ3v) is 3.82. The Hall–Kier alpha value is -2.73. The van der Waals surface area contributed by atoms with Gasteiger partial charge in [0.1, 0.15) is 11.9 Å². The fraction of sp³-hybridized carbons (Fsp3) is 0.167. The van der Waals surface area contributed by atoms with Crippen molar-refractivity contribution in [2.24, 2.45) is 0 Å². The van der Waals surface area contributed by atoms with Crippen molar-refractivity contribution in [3.8, 4) is 11.4 Å². The molecular formula is C18H15ClFN3O2. The topological polar surface area (TPSA) is 68.0 Å². The lowest BCUT2D eigenvalue weighted by molar-refractivity contribution is -0.121. The van der Waals surface area contributed by atoms with Crippen LogP contribution in [0.25, 0.3) is 11.4 Å². The summed E-state index contributed by atoms with van der Waals surface area (Å²) in [6.07, 6.45) is 0.142. The molecule has 0 radical (unpaired) electrons. The summed E-state index contributed by atoms with van der Waals surface area (Å²) in [7, 11) is 0. The van der Waals surface area contributed by atoms with E-state index in [0.717, 1.165) is 11.1 Å². The second-order valence-corrected chi connectivity index (χ2v) is 5.99. The van der Waals surface area contributed by atoms with Crippen molar-refractivity contribution in [1.82, 2.24) is 15.5 Å². The number of nitrogens with zero attached hydrogens (tertiary/aromatic N) is 2. The van der Waals surface area contributed by atoms with Gasteiger partial charge in [-0.25, -0.2) is 4.39 Å². The van der Waals surface area contributed by atoms with Crippen molar-refractivity contribution in [3.63, 3.8) is 0 Å².